The van der Waals surface area contributed by atoms with Crippen molar-refractivity contribution in [2.75, 3.05) is 38.8 Å². The molecule has 32 heavy (non-hydrogen) atoms. The van der Waals surface area contributed by atoms with Gasteiger partial charge in [0.15, 0.2) is 5.96 Å². The summed E-state index contributed by atoms with van der Waals surface area (Å²) in [5.74, 6) is 0.988. The number of hydrogen-bond acceptors (Lipinski definition) is 5. The van der Waals surface area contributed by atoms with E-state index in [2.05, 4.69) is 15.6 Å². The quantitative estimate of drug-likeness (QED) is 0.250. The molecule has 1 amide bonds. The van der Waals surface area contributed by atoms with Crippen molar-refractivity contribution in [1.82, 2.24) is 5.32 Å². The molecular formula is C24H34N4O4. The molecule has 0 aliphatic heterocycles. The fraction of sp³-hybridized carbons (Fsp3) is 0.417. The number of primary amides is 1. The first-order valence-corrected chi connectivity index (χ1v) is 10.8. The molecule has 0 unspecified atom stereocenters. The molecule has 8 heteroatoms. The number of rotatable bonds is 13. The number of nitrogens with zero attached hydrogens (tertiary/aromatic N) is 1. The smallest absolute Gasteiger partial charge is 0.248 e. The highest BCUT2D eigenvalue weighted by Crippen LogP contribution is 2.17. The van der Waals surface area contributed by atoms with Crippen molar-refractivity contribution < 1.29 is 19.0 Å². The van der Waals surface area contributed by atoms with Gasteiger partial charge in [0, 0.05) is 31.5 Å². The summed E-state index contributed by atoms with van der Waals surface area (Å²) in [6.45, 7) is 6.87. The van der Waals surface area contributed by atoms with Crippen molar-refractivity contribution in [2.45, 2.75) is 32.9 Å². The monoisotopic (exact) mass is 442 g/mol. The van der Waals surface area contributed by atoms with Crippen molar-refractivity contribution in [3.05, 3.63) is 59.7 Å². The minimum atomic E-state index is -0.454. The van der Waals surface area contributed by atoms with Crippen LogP contribution in [0.5, 0.6) is 5.75 Å². The molecule has 0 radical (unpaired) electrons. The summed E-state index contributed by atoms with van der Waals surface area (Å²) in [6, 6.07) is 14.9. The Kier molecular flexibility index (Phi) is 11.1. The molecule has 2 aromatic rings. The topological polar surface area (TPSA) is 107 Å². The van der Waals surface area contributed by atoms with E-state index >= 15 is 0 Å². The lowest BCUT2D eigenvalue weighted by molar-refractivity contribution is 0.0699. The van der Waals surface area contributed by atoms with Gasteiger partial charge in [0.05, 0.1) is 25.9 Å². The van der Waals surface area contributed by atoms with E-state index in [1.807, 2.05) is 44.2 Å². The second-order valence-electron chi connectivity index (χ2n) is 7.43. The molecule has 0 aliphatic rings. The Morgan fingerprint density at radius 3 is 2.56 bits per heavy atom. The van der Waals surface area contributed by atoms with E-state index in [-0.39, 0.29) is 6.10 Å². The zero-order valence-electron chi connectivity index (χ0n) is 19.1. The number of amides is 1. The van der Waals surface area contributed by atoms with Crippen molar-refractivity contribution in [1.29, 1.82) is 0 Å². The highest BCUT2D eigenvalue weighted by molar-refractivity contribution is 5.94. The number of carbonyl (C=O) groups is 1. The van der Waals surface area contributed by atoms with Gasteiger partial charge >= 0.3 is 0 Å². The third-order valence-electron chi connectivity index (χ3n) is 4.31. The number of anilines is 1. The molecule has 0 saturated carbocycles. The minimum absolute atomic E-state index is 0.120. The van der Waals surface area contributed by atoms with Crippen LogP contribution in [0.4, 0.5) is 5.69 Å². The Hall–Kier alpha value is -3.10. The van der Waals surface area contributed by atoms with E-state index in [9.17, 15) is 4.79 Å². The van der Waals surface area contributed by atoms with Gasteiger partial charge in [-0.25, -0.2) is 4.99 Å². The lowest BCUT2D eigenvalue weighted by atomic mass is 10.1. The molecule has 0 saturated heterocycles. The van der Waals surface area contributed by atoms with Crippen LogP contribution in [0.15, 0.2) is 53.5 Å². The second-order valence-corrected chi connectivity index (χ2v) is 7.43. The molecule has 0 aromatic heterocycles. The number of hydrogen-bond donors (Lipinski definition) is 3. The third kappa shape index (κ3) is 9.80. The second kappa shape index (κ2) is 14.1. The summed E-state index contributed by atoms with van der Waals surface area (Å²) in [7, 11) is 1.65. The lowest BCUT2D eigenvalue weighted by Gasteiger charge is -2.14. The summed E-state index contributed by atoms with van der Waals surface area (Å²) in [5, 5.41) is 6.63. The van der Waals surface area contributed by atoms with Crippen LogP contribution >= 0.6 is 0 Å². The maximum absolute atomic E-state index is 11.4. The number of ether oxygens (including phenoxy) is 3. The normalized spacial score (nSPS) is 11.4. The van der Waals surface area contributed by atoms with Crippen molar-refractivity contribution in [3.63, 3.8) is 0 Å². The van der Waals surface area contributed by atoms with Gasteiger partial charge in [-0.3, -0.25) is 4.79 Å². The fourth-order valence-corrected chi connectivity index (χ4v) is 2.78. The molecule has 0 fully saturated rings. The number of guanidine groups is 1. The van der Waals surface area contributed by atoms with Crippen molar-refractivity contribution in [3.8, 4) is 5.75 Å². The number of aliphatic imine (C=N–C) groups is 1. The number of nitrogens with two attached hydrogens (primary N) is 1. The van der Waals surface area contributed by atoms with Crippen LogP contribution in [0.25, 0.3) is 0 Å². The van der Waals surface area contributed by atoms with E-state index < -0.39 is 5.91 Å². The standard InChI is InChI=1S/C24H34N4O4/c1-18(2)32-22-10-8-21(9-11-22)28-24(26-12-5-13-31-15-14-30-3)27-17-19-6-4-7-20(16-19)23(25)29/h4,6-11,16,18H,5,12-15,17H2,1-3H3,(H2,25,29)(H2,26,27,28). The molecule has 4 N–H and O–H groups in total. The molecule has 174 valence electrons. The molecule has 0 bridgehead atoms. The predicted molar refractivity (Wildman–Crippen MR) is 127 cm³/mol. The van der Waals surface area contributed by atoms with Crippen LogP contribution < -0.4 is 21.1 Å². The average molecular weight is 443 g/mol. The Labute approximate surface area is 190 Å². The zero-order chi connectivity index (χ0) is 23.2. The van der Waals surface area contributed by atoms with Crippen LogP contribution in [0.1, 0.15) is 36.2 Å². The maximum Gasteiger partial charge on any atom is 0.248 e. The van der Waals surface area contributed by atoms with E-state index in [1.165, 1.54) is 0 Å². The number of methoxy groups -OCH3 is 1. The van der Waals surface area contributed by atoms with Crippen LogP contribution in [-0.2, 0) is 16.0 Å². The summed E-state index contributed by atoms with van der Waals surface area (Å²) in [4.78, 5) is 16.1. The molecule has 0 heterocycles. The zero-order valence-corrected chi connectivity index (χ0v) is 19.1. The highest BCUT2D eigenvalue weighted by Gasteiger charge is 2.04. The van der Waals surface area contributed by atoms with Gasteiger partial charge in [-0.2, -0.15) is 0 Å². The van der Waals surface area contributed by atoms with Gasteiger partial charge in [-0.15, -0.1) is 0 Å². The Morgan fingerprint density at radius 2 is 1.88 bits per heavy atom. The van der Waals surface area contributed by atoms with E-state index in [4.69, 9.17) is 19.9 Å². The number of benzene rings is 2. The maximum atomic E-state index is 11.4. The van der Waals surface area contributed by atoms with Crippen molar-refractivity contribution in [2.24, 2.45) is 10.7 Å². The lowest BCUT2D eigenvalue weighted by Crippen LogP contribution is -2.32. The fourth-order valence-electron chi connectivity index (χ4n) is 2.78. The first-order chi connectivity index (χ1) is 15.5. The Morgan fingerprint density at radius 1 is 1.09 bits per heavy atom. The molecule has 8 nitrogen and oxygen atoms in total. The van der Waals surface area contributed by atoms with Gasteiger partial charge in [-0.1, -0.05) is 12.1 Å². The van der Waals surface area contributed by atoms with Crippen LogP contribution in [0.3, 0.4) is 0 Å². The van der Waals surface area contributed by atoms with Gasteiger partial charge in [-0.05, 0) is 62.2 Å². The van der Waals surface area contributed by atoms with Gasteiger partial charge in [0.1, 0.15) is 5.75 Å². The Bertz CT molecular complexity index is 853. The molecule has 0 spiro atoms. The molecular weight excluding hydrogens is 408 g/mol. The summed E-state index contributed by atoms with van der Waals surface area (Å²) < 4.78 is 16.2. The minimum Gasteiger partial charge on any atom is -0.491 e. The van der Waals surface area contributed by atoms with E-state index in [1.54, 1.807) is 25.3 Å². The number of carbonyl (C=O) groups excluding carboxylic acids is 1. The van der Waals surface area contributed by atoms with Crippen LogP contribution in [0.2, 0.25) is 0 Å². The molecule has 2 rings (SSSR count). The van der Waals surface area contributed by atoms with Gasteiger partial charge < -0.3 is 30.6 Å². The van der Waals surface area contributed by atoms with Crippen LogP contribution in [0, 0.1) is 0 Å². The highest BCUT2D eigenvalue weighted by atomic mass is 16.5. The third-order valence-corrected chi connectivity index (χ3v) is 4.31. The first kappa shape index (κ1) is 25.2. The molecule has 2 aromatic carbocycles. The Balaban J connectivity index is 2.00. The first-order valence-electron chi connectivity index (χ1n) is 10.8. The van der Waals surface area contributed by atoms with Gasteiger partial charge in [0.2, 0.25) is 5.91 Å². The largest absolute Gasteiger partial charge is 0.491 e. The van der Waals surface area contributed by atoms with E-state index in [0.717, 1.165) is 23.4 Å². The molecule has 0 aliphatic carbocycles. The molecule has 0 atom stereocenters. The van der Waals surface area contributed by atoms with Crippen molar-refractivity contribution >= 4 is 17.6 Å². The summed E-state index contributed by atoms with van der Waals surface area (Å²) in [5.41, 5.74) is 7.62. The predicted octanol–water partition coefficient (Wildman–Crippen LogP) is 3.18. The summed E-state index contributed by atoms with van der Waals surface area (Å²) in [6.07, 6.45) is 0.942. The average Bonchev–Trinajstić information content (AvgIpc) is 2.77. The van der Waals surface area contributed by atoms with E-state index in [0.29, 0.717) is 44.4 Å². The van der Waals surface area contributed by atoms with Gasteiger partial charge in [0.25, 0.3) is 0 Å². The number of nitrogens with one attached hydrogen (secondary N) is 2. The SMILES string of the molecule is COCCOCCCNC(=NCc1cccc(C(N)=O)c1)Nc1ccc(OC(C)C)cc1. The van der Waals surface area contributed by atoms with Crippen LogP contribution in [-0.4, -0.2) is 51.4 Å². The summed E-state index contributed by atoms with van der Waals surface area (Å²) >= 11 is 0.